The molecule has 0 atom stereocenters. The van der Waals surface area contributed by atoms with Gasteiger partial charge in [-0.2, -0.15) is 13.2 Å². The number of carbonyl (C=O) groups is 1. The van der Waals surface area contributed by atoms with Crippen LogP contribution < -0.4 is 5.32 Å². The Hall–Kier alpha value is -1.83. The molecule has 1 aromatic carbocycles. The van der Waals surface area contributed by atoms with E-state index in [2.05, 4.69) is 24.1 Å². The van der Waals surface area contributed by atoms with E-state index < -0.39 is 17.6 Å². The van der Waals surface area contributed by atoms with E-state index in [1.807, 2.05) is 4.90 Å². The van der Waals surface area contributed by atoms with Crippen molar-refractivity contribution in [2.45, 2.75) is 57.8 Å². The molecular formula is C21H29F4N3O. The molecule has 0 unspecified atom stereocenters. The fraction of sp³-hybridized carbons (Fsp3) is 0.667. The van der Waals surface area contributed by atoms with Gasteiger partial charge in [-0.15, -0.1) is 0 Å². The number of nitrogens with one attached hydrogen (secondary N) is 1. The third kappa shape index (κ3) is 5.41. The second-order valence-electron chi connectivity index (χ2n) is 8.34. The number of hydrogen-bond donors (Lipinski definition) is 1. The molecule has 1 heterocycles. The Labute approximate surface area is 169 Å². The molecule has 1 saturated carbocycles. The lowest BCUT2D eigenvalue weighted by molar-refractivity contribution is -0.140. The molecule has 4 nitrogen and oxygen atoms in total. The van der Waals surface area contributed by atoms with Gasteiger partial charge in [0.05, 0.1) is 5.56 Å². The molecule has 1 saturated heterocycles. The van der Waals surface area contributed by atoms with Crippen LogP contribution in [0.5, 0.6) is 0 Å². The average Bonchev–Trinajstić information content (AvgIpc) is 2.67. The first-order valence-electron chi connectivity index (χ1n) is 10.3. The number of anilines is 1. The number of nitrogens with zero attached hydrogens (tertiary/aromatic N) is 2. The van der Waals surface area contributed by atoms with Gasteiger partial charge in [0.25, 0.3) is 0 Å². The van der Waals surface area contributed by atoms with Crippen LogP contribution in [0.15, 0.2) is 18.2 Å². The molecule has 3 rings (SSSR count). The van der Waals surface area contributed by atoms with Gasteiger partial charge in [-0.1, -0.05) is 0 Å². The fourth-order valence-corrected chi connectivity index (χ4v) is 4.27. The van der Waals surface area contributed by atoms with Crippen LogP contribution >= 0.6 is 0 Å². The maximum Gasteiger partial charge on any atom is 0.419 e. The Balaban J connectivity index is 1.48. The third-order valence-corrected chi connectivity index (χ3v) is 6.08. The molecule has 2 aliphatic rings. The number of benzene rings is 1. The summed E-state index contributed by atoms with van der Waals surface area (Å²) in [6.45, 7) is 7.65. The molecule has 2 fully saturated rings. The molecule has 1 amide bonds. The molecule has 29 heavy (non-hydrogen) atoms. The molecule has 1 N–H and O–H groups in total. The Kier molecular flexibility index (Phi) is 6.71. The van der Waals surface area contributed by atoms with E-state index in [0.717, 1.165) is 64.0 Å². The molecule has 1 aromatic rings. The summed E-state index contributed by atoms with van der Waals surface area (Å²) in [5.41, 5.74) is -0.912. The van der Waals surface area contributed by atoms with Gasteiger partial charge < -0.3 is 10.2 Å². The Morgan fingerprint density at radius 1 is 1.07 bits per heavy atom. The third-order valence-electron chi connectivity index (χ3n) is 6.08. The first-order valence-corrected chi connectivity index (χ1v) is 10.3. The van der Waals surface area contributed by atoms with Crippen molar-refractivity contribution in [3.63, 3.8) is 0 Å². The maximum atomic E-state index is 13.7. The highest BCUT2D eigenvalue weighted by atomic mass is 19.4. The second kappa shape index (κ2) is 8.90. The van der Waals surface area contributed by atoms with E-state index in [9.17, 15) is 22.4 Å². The normalized spacial score (nSPS) is 24.0. The fourth-order valence-electron chi connectivity index (χ4n) is 4.27. The molecule has 0 spiro atoms. The first-order chi connectivity index (χ1) is 13.6. The zero-order valence-corrected chi connectivity index (χ0v) is 16.9. The summed E-state index contributed by atoms with van der Waals surface area (Å²) in [6.07, 6.45) is -1.73. The van der Waals surface area contributed by atoms with E-state index in [1.165, 1.54) is 6.07 Å². The monoisotopic (exact) mass is 415 g/mol. The van der Waals surface area contributed by atoms with Crippen molar-refractivity contribution in [2.24, 2.45) is 5.92 Å². The highest BCUT2D eigenvalue weighted by Gasteiger charge is 2.34. The van der Waals surface area contributed by atoms with Crippen LogP contribution in [0.3, 0.4) is 0 Å². The largest absolute Gasteiger partial charge is 0.419 e. The summed E-state index contributed by atoms with van der Waals surface area (Å²) < 4.78 is 51.8. The lowest BCUT2D eigenvalue weighted by Crippen LogP contribution is -2.52. The summed E-state index contributed by atoms with van der Waals surface area (Å²) in [7, 11) is 0. The van der Waals surface area contributed by atoms with Crippen LogP contribution in [0, 0.1) is 11.7 Å². The Bertz CT molecular complexity index is 706. The second-order valence-corrected chi connectivity index (χ2v) is 8.34. The van der Waals surface area contributed by atoms with E-state index >= 15 is 0 Å². The topological polar surface area (TPSA) is 35.6 Å². The first kappa shape index (κ1) is 21.9. The van der Waals surface area contributed by atoms with Crippen molar-refractivity contribution >= 4 is 11.6 Å². The minimum absolute atomic E-state index is 0.00277. The Morgan fingerprint density at radius 3 is 2.21 bits per heavy atom. The molecule has 0 aromatic heterocycles. The van der Waals surface area contributed by atoms with Gasteiger partial charge in [0, 0.05) is 49.9 Å². The van der Waals surface area contributed by atoms with Crippen LogP contribution in [0.2, 0.25) is 0 Å². The quantitative estimate of drug-likeness (QED) is 0.742. The smallest absolute Gasteiger partial charge is 0.382 e. The number of halogens is 4. The van der Waals surface area contributed by atoms with Crippen molar-refractivity contribution in [3.8, 4) is 0 Å². The lowest BCUT2D eigenvalue weighted by atomic mass is 9.85. The van der Waals surface area contributed by atoms with E-state index in [0.29, 0.717) is 11.7 Å². The van der Waals surface area contributed by atoms with Crippen LogP contribution in [-0.4, -0.2) is 54.0 Å². The van der Waals surface area contributed by atoms with Crippen molar-refractivity contribution in [2.75, 3.05) is 31.5 Å². The van der Waals surface area contributed by atoms with Gasteiger partial charge in [0.2, 0.25) is 5.91 Å². The SMILES string of the molecule is CC(C)N1CCN(C(=O)[C@H]2CC[C@@H](Nc3ccc(C(F)(F)F)c(F)c3)CC2)CC1. The highest BCUT2D eigenvalue weighted by molar-refractivity contribution is 5.79. The Morgan fingerprint density at radius 2 is 1.69 bits per heavy atom. The molecule has 8 heteroatoms. The lowest BCUT2D eigenvalue weighted by Gasteiger charge is -2.39. The zero-order chi connectivity index (χ0) is 21.2. The number of hydrogen-bond acceptors (Lipinski definition) is 3. The predicted molar refractivity (Wildman–Crippen MR) is 104 cm³/mol. The maximum absolute atomic E-state index is 13.7. The number of alkyl halides is 3. The molecule has 0 radical (unpaired) electrons. The minimum Gasteiger partial charge on any atom is -0.382 e. The van der Waals surface area contributed by atoms with Crippen LogP contribution in [-0.2, 0) is 11.0 Å². The van der Waals surface area contributed by atoms with Crippen molar-refractivity contribution in [1.29, 1.82) is 0 Å². The predicted octanol–water partition coefficient (Wildman–Crippen LogP) is 4.37. The van der Waals surface area contributed by atoms with Crippen LogP contribution in [0.25, 0.3) is 0 Å². The standard InChI is InChI=1S/C21H29F4N3O/c1-14(2)27-9-11-28(12-10-27)20(29)15-3-5-16(6-4-15)26-17-7-8-18(19(22)13-17)21(23,24)25/h7-8,13-16,26H,3-6,9-12H2,1-2H3/t15-,16+. The van der Waals surface area contributed by atoms with Crippen molar-refractivity contribution in [1.82, 2.24) is 9.80 Å². The summed E-state index contributed by atoms with van der Waals surface area (Å²) >= 11 is 0. The summed E-state index contributed by atoms with van der Waals surface area (Å²) in [5, 5.41) is 3.12. The van der Waals surface area contributed by atoms with Gasteiger partial charge in [0.1, 0.15) is 5.82 Å². The molecule has 0 bridgehead atoms. The molecule has 1 aliphatic heterocycles. The molecular weight excluding hydrogens is 386 g/mol. The van der Waals surface area contributed by atoms with Crippen molar-refractivity contribution in [3.05, 3.63) is 29.6 Å². The van der Waals surface area contributed by atoms with Gasteiger partial charge in [-0.3, -0.25) is 9.69 Å². The van der Waals surface area contributed by atoms with Crippen molar-refractivity contribution < 1.29 is 22.4 Å². The number of piperazine rings is 1. The van der Waals surface area contributed by atoms with Crippen LogP contribution in [0.4, 0.5) is 23.2 Å². The van der Waals surface area contributed by atoms with E-state index in [-0.39, 0.29) is 17.9 Å². The zero-order valence-electron chi connectivity index (χ0n) is 16.9. The number of carbonyl (C=O) groups excluding carboxylic acids is 1. The molecule has 1 aliphatic carbocycles. The summed E-state index contributed by atoms with van der Waals surface area (Å²) in [4.78, 5) is 17.1. The van der Waals surface area contributed by atoms with Gasteiger partial charge in [-0.25, -0.2) is 4.39 Å². The van der Waals surface area contributed by atoms with Gasteiger partial charge >= 0.3 is 6.18 Å². The summed E-state index contributed by atoms with van der Waals surface area (Å²) in [5.74, 6) is -1.05. The summed E-state index contributed by atoms with van der Waals surface area (Å²) in [6, 6.07) is 3.45. The van der Waals surface area contributed by atoms with Gasteiger partial charge in [0.15, 0.2) is 0 Å². The van der Waals surface area contributed by atoms with Crippen LogP contribution in [0.1, 0.15) is 45.1 Å². The minimum atomic E-state index is -4.69. The number of amides is 1. The van der Waals surface area contributed by atoms with Gasteiger partial charge in [-0.05, 0) is 57.7 Å². The highest BCUT2D eigenvalue weighted by Crippen LogP contribution is 2.33. The molecule has 162 valence electrons. The van der Waals surface area contributed by atoms with E-state index in [4.69, 9.17) is 0 Å². The van der Waals surface area contributed by atoms with E-state index in [1.54, 1.807) is 0 Å². The number of rotatable bonds is 4. The average molecular weight is 415 g/mol.